The largest absolute Gasteiger partial charge is 0.309 e. The smallest absolute Gasteiger partial charge is 0.0744 e. The zero-order valence-corrected chi connectivity index (χ0v) is 31.6. The molecule has 0 bridgehead atoms. The molecule has 266 valence electrons. The van der Waals surface area contributed by atoms with Crippen LogP contribution in [0.3, 0.4) is 0 Å². The van der Waals surface area contributed by atoms with Gasteiger partial charge in [0.2, 0.25) is 0 Å². The molecule has 0 aliphatic rings. The number of fused-ring (bicyclic) bond motifs is 9. The van der Waals surface area contributed by atoms with Gasteiger partial charge in [-0.2, -0.15) is 0 Å². The molecule has 0 aliphatic heterocycles. The second-order valence-corrected chi connectivity index (χ2v) is 15.8. The third kappa shape index (κ3) is 5.01. The van der Waals surface area contributed by atoms with Crippen LogP contribution in [0.1, 0.15) is 0 Å². The first-order valence-corrected chi connectivity index (χ1v) is 20.2. The van der Waals surface area contributed by atoms with Gasteiger partial charge in [-0.05, 0) is 65.7 Å². The van der Waals surface area contributed by atoms with Crippen LogP contribution in [0.5, 0.6) is 0 Å². The van der Waals surface area contributed by atoms with E-state index in [1.165, 1.54) is 74.9 Å². The highest BCUT2D eigenvalue weighted by molar-refractivity contribution is 7.26. The van der Waals surface area contributed by atoms with Gasteiger partial charge in [0.05, 0.1) is 39.1 Å². The topological polar surface area (TPSA) is 22.8 Å². The van der Waals surface area contributed by atoms with Crippen molar-refractivity contribution in [2.24, 2.45) is 0 Å². The number of para-hydroxylation sites is 3. The summed E-state index contributed by atoms with van der Waals surface area (Å²) in [5, 5.41) is 7.46. The van der Waals surface area contributed by atoms with Gasteiger partial charge in [-0.25, -0.2) is 4.98 Å². The number of thiophene rings is 1. The van der Waals surface area contributed by atoms with Crippen LogP contribution < -0.4 is 0 Å². The molecule has 4 aromatic heterocycles. The number of aromatic nitrogens is 3. The summed E-state index contributed by atoms with van der Waals surface area (Å²) in [5.74, 6) is 0. The van der Waals surface area contributed by atoms with Crippen LogP contribution in [-0.2, 0) is 0 Å². The van der Waals surface area contributed by atoms with Crippen LogP contribution in [0.2, 0.25) is 0 Å². The molecule has 0 fully saturated rings. The lowest BCUT2D eigenvalue weighted by molar-refractivity contribution is 1.16. The normalized spacial score (nSPS) is 11.9. The van der Waals surface area contributed by atoms with Crippen LogP contribution in [0.25, 0.3) is 109 Å². The van der Waals surface area contributed by atoms with E-state index in [-0.39, 0.29) is 0 Å². The Balaban J connectivity index is 1.15. The van der Waals surface area contributed by atoms with Crippen molar-refractivity contribution in [3.8, 4) is 45.0 Å². The molecule has 0 aliphatic carbocycles. The van der Waals surface area contributed by atoms with Crippen molar-refractivity contribution in [2.45, 2.75) is 0 Å². The third-order valence-electron chi connectivity index (χ3n) is 11.5. The highest BCUT2D eigenvalue weighted by Gasteiger charge is 2.20. The first-order valence-electron chi connectivity index (χ1n) is 19.4. The molecule has 8 aromatic carbocycles. The second kappa shape index (κ2) is 12.6. The van der Waals surface area contributed by atoms with Crippen molar-refractivity contribution >= 4 is 75.1 Å². The molecule has 3 nitrogen and oxygen atoms in total. The van der Waals surface area contributed by atoms with Crippen molar-refractivity contribution in [3.05, 3.63) is 200 Å². The molecule has 4 heterocycles. The number of pyridine rings is 1. The first-order chi connectivity index (χ1) is 28.3. The molecule has 0 radical (unpaired) electrons. The Morgan fingerprint density at radius 3 is 1.56 bits per heavy atom. The van der Waals surface area contributed by atoms with Gasteiger partial charge in [0.25, 0.3) is 0 Å². The molecule has 0 saturated carbocycles. The minimum absolute atomic E-state index is 0.938. The predicted octanol–water partition coefficient (Wildman–Crippen LogP) is 14.6. The molecular weight excluding hydrogens is 711 g/mol. The summed E-state index contributed by atoms with van der Waals surface area (Å²) in [6.45, 7) is 0. The second-order valence-electron chi connectivity index (χ2n) is 14.7. The van der Waals surface area contributed by atoms with E-state index >= 15 is 0 Å². The number of hydrogen-bond acceptors (Lipinski definition) is 2. The SMILES string of the molecule is c1ccc(-c2ccc(-c3cc(-n4c5ccccc5c5cc6c(cc54)c4ccccc4n6-c4ccccc4)cc(-c4cccc5c4sc4ccccc45)n3)cc2)cc1. The maximum atomic E-state index is 5.48. The van der Waals surface area contributed by atoms with E-state index in [9.17, 15) is 0 Å². The number of benzene rings is 8. The maximum absolute atomic E-state index is 5.48. The minimum Gasteiger partial charge on any atom is -0.309 e. The minimum atomic E-state index is 0.938. The summed E-state index contributed by atoms with van der Waals surface area (Å²) in [6, 6.07) is 72.5. The molecule has 0 atom stereocenters. The lowest BCUT2D eigenvalue weighted by atomic mass is 10.0. The van der Waals surface area contributed by atoms with E-state index in [0.29, 0.717) is 0 Å². The standard InChI is InChI=1S/C53H33N3S/c1-3-14-34(15-4-1)35-26-28-36(29-27-35)46-30-38(31-47(54-46)43-22-13-21-42-41-20-9-12-25-52(41)57-53(42)43)56-49-24-11-8-19-40(49)45-32-50-44(33-51(45)56)39-18-7-10-23-48(39)55(50)37-16-5-2-6-17-37/h1-33H. The Labute approximate surface area is 333 Å². The zero-order valence-electron chi connectivity index (χ0n) is 30.8. The van der Waals surface area contributed by atoms with Gasteiger partial charge >= 0.3 is 0 Å². The van der Waals surface area contributed by atoms with Crippen LogP contribution in [-0.4, -0.2) is 14.1 Å². The number of rotatable bonds is 5. The van der Waals surface area contributed by atoms with Crippen molar-refractivity contribution < 1.29 is 0 Å². The summed E-state index contributed by atoms with van der Waals surface area (Å²) < 4.78 is 7.40. The number of nitrogens with zero attached hydrogens (tertiary/aromatic N) is 3. The van der Waals surface area contributed by atoms with Gasteiger partial charge in [0, 0.05) is 58.5 Å². The molecule has 0 N–H and O–H groups in total. The lowest BCUT2D eigenvalue weighted by Crippen LogP contribution is -1.98. The van der Waals surface area contributed by atoms with Gasteiger partial charge in [0.1, 0.15) is 0 Å². The molecule has 12 rings (SSSR count). The van der Waals surface area contributed by atoms with Crippen molar-refractivity contribution in [1.82, 2.24) is 14.1 Å². The molecule has 0 amide bonds. The van der Waals surface area contributed by atoms with Crippen molar-refractivity contribution in [3.63, 3.8) is 0 Å². The zero-order chi connectivity index (χ0) is 37.5. The Bertz CT molecular complexity index is 3500. The monoisotopic (exact) mass is 743 g/mol. The summed E-state index contributed by atoms with van der Waals surface area (Å²) in [5.41, 5.74) is 13.5. The Hall–Kier alpha value is -7.27. The van der Waals surface area contributed by atoms with Crippen LogP contribution in [0.15, 0.2) is 200 Å². The van der Waals surface area contributed by atoms with Crippen LogP contribution in [0.4, 0.5) is 0 Å². The fourth-order valence-electron chi connectivity index (χ4n) is 8.91. The fraction of sp³-hybridized carbons (Fsp3) is 0. The maximum Gasteiger partial charge on any atom is 0.0744 e. The van der Waals surface area contributed by atoms with Gasteiger partial charge in [-0.3, -0.25) is 0 Å². The average Bonchev–Trinajstić information content (AvgIpc) is 3.93. The fourth-order valence-corrected chi connectivity index (χ4v) is 10.1. The summed E-state index contributed by atoms with van der Waals surface area (Å²) in [4.78, 5) is 5.48. The van der Waals surface area contributed by atoms with Crippen molar-refractivity contribution in [2.75, 3.05) is 0 Å². The highest BCUT2D eigenvalue weighted by Crippen LogP contribution is 2.43. The van der Waals surface area contributed by atoms with E-state index in [0.717, 1.165) is 33.9 Å². The van der Waals surface area contributed by atoms with Gasteiger partial charge in [-0.1, -0.05) is 146 Å². The summed E-state index contributed by atoms with van der Waals surface area (Å²) >= 11 is 1.85. The Kier molecular flexibility index (Phi) is 7.10. The van der Waals surface area contributed by atoms with E-state index in [1.54, 1.807) is 0 Å². The molecule has 57 heavy (non-hydrogen) atoms. The number of hydrogen-bond donors (Lipinski definition) is 0. The molecule has 0 spiro atoms. The molecule has 4 heteroatoms. The summed E-state index contributed by atoms with van der Waals surface area (Å²) in [7, 11) is 0. The van der Waals surface area contributed by atoms with Crippen LogP contribution in [0, 0.1) is 0 Å². The molecule has 0 unspecified atom stereocenters. The lowest BCUT2D eigenvalue weighted by Gasteiger charge is -2.14. The average molecular weight is 744 g/mol. The Morgan fingerprint density at radius 2 is 0.860 bits per heavy atom. The van der Waals surface area contributed by atoms with E-state index in [4.69, 9.17) is 4.98 Å². The first kappa shape index (κ1) is 32.0. The van der Waals surface area contributed by atoms with E-state index < -0.39 is 0 Å². The van der Waals surface area contributed by atoms with Gasteiger partial charge in [0.15, 0.2) is 0 Å². The third-order valence-corrected chi connectivity index (χ3v) is 12.7. The summed E-state index contributed by atoms with van der Waals surface area (Å²) in [6.07, 6.45) is 0. The van der Waals surface area contributed by atoms with Gasteiger partial charge in [-0.15, -0.1) is 11.3 Å². The highest BCUT2D eigenvalue weighted by atomic mass is 32.1. The van der Waals surface area contributed by atoms with Crippen molar-refractivity contribution in [1.29, 1.82) is 0 Å². The Morgan fingerprint density at radius 1 is 0.333 bits per heavy atom. The quantitative estimate of drug-likeness (QED) is 0.172. The van der Waals surface area contributed by atoms with E-state index in [2.05, 4.69) is 209 Å². The predicted molar refractivity (Wildman–Crippen MR) is 242 cm³/mol. The molecule has 12 aromatic rings. The molecular formula is C53H33N3S. The van der Waals surface area contributed by atoms with E-state index in [1.807, 2.05) is 11.3 Å². The van der Waals surface area contributed by atoms with Crippen LogP contribution >= 0.6 is 11.3 Å². The van der Waals surface area contributed by atoms with Gasteiger partial charge < -0.3 is 9.13 Å². The molecule has 0 saturated heterocycles.